The molecule has 2 aromatic heterocycles. The summed E-state index contributed by atoms with van der Waals surface area (Å²) in [5.74, 6) is 1.10. The van der Waals surface area contributed by atoms with E-state index in [-0.39, 0.29) is 11.5 Å². The number of hydrogen-bond donors (Lipinski definition) is 0. The highest BCUT2D eigenvalue weighted by molar-refractivity contribution is 7.17. The highest BCUT2D eigenvalue weighted by atomic mass is 32.1. The van der Waals surface area contributed by atoms with Crippen molar-refractivity contribution >= 4 is 21.6 Å². The lowest BCUT2D eigenvalue weighted by Gasteiger charge is -2.21. The fraction of sp³-hybridized carbons (Fsp3) is 0.478. The third-order valence-electron chi connectivity index (χ3n) is 5.59. The Labute approximate surface area is 171 Å². The predicted octanol–water partition coefficient (Wildman–Crippen LogP) is 5.21. The van der Waals surface area contributed by atoms with E-state index in [2.05, 4.69) is 70.0 Å². The fourth-order valence-electron chi connectivity index (χ4n) is 3.60. The molecule has 0 unspecified atom stereocenters. The summed E-state index contributed by atoms with van der Waals surface area (Å²) >= 11 is 1.57. The summed E-state index contributed by atoms with van der Waals surface area (Å²) in [4.78, 5) is 21.7. The van der Waals surface area contributed by atoms with Crippen LogP contribution >= 0.6 is 11.3 Å². The van der Waals surface area contributed by atoms with Gasteiger partial charge < -0.3 is 4.90 Å². The largest absolute Gasteiger partial charge is 0.302 e. The summed E-state index contributed by atoms with van der Waals surface area (Å²) in [6.07, 6.45) is 0. The van der Waals surface area contributed by atoms with Crippen LogP contribution in [0.25, 0.3) is 21.3 Å². The van der Waals surface area contributed by atoms with Crippen LogP contribution in [-0.2, 0) is 6.54 Å². The molecule has 0 bridgehead atoms. The zero-order valence-corrected chi connectivity index (χ0v) is 18.7. The fourth-order valence-corrected chi connectivity index (χ4v) is 4.54. The van der Waals surface area contributed by atoms with Gasteiger partial charge in [-0.05, 0) is 43.6 Å². The number of benzene rings is 1. The van der Waals surface area contributed by atoms with Crippen LogP contribution in [0, 0.1) is 13.8 Å². The molecule has 0 atom stereocenters. The number of hydrogen-bond acceptors (Lipinski definition) is 4. The van der Waals surface area contributed by atoms with Crippen LogP contribution in [0.2, 0.25) is 0 Å². The predicted molar refractivity (Wildman–Crippen MR) is 121 cm³/mol. The molecule has 2 heterocycles. The van der Waals surface area contributed by atoms with E-state index in [0.717, 1.165) is 46.8 Å². The first-order valence-electron chi connectivity index (χ1n) is 10.2. The number of aryl methyl sites for hydroxylation is 2. The second-order valence-corrected chi connectivity index (χ2v) is 8.60. The highest BCUT2D eigenvalue weighted by Gasteiger charge is 2.19. The second-order valence-electron chi connectivity index (χ2n) is 7.74. The molecule has 0 radical (unpaired) electrons. The maximum atomic E-state index is 13.6. The molecular formula is C23H31N3OS. The number of rotatable bonds is 7. The minimum atomic E-state index is 0.0929. The summed E-state index contributed by atoms with van der Waals surface area (Å²) in [6.45, 7) is 16.3. The van der Waals surface area contributed by atoms with Gasteiger partial charge in [0.25, 0.3) is 5.56 Å². The van der Waals surface area contributed by atoms with Crippen LogP contribution in [0.5, 0.6) is 0 Å². The smallest absolute Gasteiger partial charge is 0.262 e. The molecule has 0 aliphatic carbocycles. The van der Waals surface area contributed by atoms with Gasteiger partial charge in [-0.2, -0.15) is 0 Å². The first-order chi connectivity index (χ1) is 13.4. The highest BCUT2D eigenvalue weighted by Crippen LogP contribution is 2.32. The van der Waals surface area contributed by atoms with Crippen molar-refractivity contribution < 1.29 is 0 Å². The van der Waals surface area contributed by atoms with E-state index >= 15 is 0 Å². The maximum absolute atomic E-state index is 13.6. The summed E-state index contributed by atoms with van der Waals surface area (Å²) in [5, 5.41) is 2.85. The molecule has 3 aromatic rings. The van der Waals surface area contributed by atoms with Crippen molar-refractivity contribution in [2.24, 2.45) is 0 Å². The van der Waals surface area contributed by atoms with Gasteiger partial charge in [0, 0.05) is 30.0 Å². The minimum Gasteiger partial charge on any atom is -0.302 e. The second kappa shape index (κ2) is 8.58. The summed E-state index contributed by atoms with van der Waals surface area (Å²) in [6, 6.07) is 6.41. The van der Waals surface area contributed by atoms with Crippen molar-refractivity contribution in [1.29, 1.82) is 0 Å². The molecule has 0 amide bonds. The number of fused-ring (bicyclic) bond motifs is 1. The number of thiophene rings is 1. The minimum absolute atomic E-state index is 0.0929. The van der Waals surface area contributed by atoms with Gasteiger partial charge in [-0.3, -0.25) is 9.36 Å². The number of nitrogens with zero attached hydrogens (tertiary/aromatic N) is 3. The quantitative estimate of drug-likeness (QED) is 0.549. The molecule has 0 N–H and O–H groups in total. The first-order valence-corrected chi connectivity index (χ1v) is 11.1. The van der Waals surface area contributed by atoms with Gasteiger partial charge in [0.15, 0.2) is 0 Å². The zero-order chi connectivity index (χ0) is 20.4. The van der Waals surface area contributed by atoms with Crippen LogP contribution in [0.15, 0.2) is 28.4 Å². The molecule has 0 spiro atoms. The maximum Gasteiger partial charge on any atom is 0.262 e. The normalized spacial score (nSPS) is 11.9. The summed E-state index contributed by atoms with van der Waals surface area (Å²) < 4.78 is 1.91. The van der Waals surface area contributed by atoms with Gasteiger partial charge in [0.2, 0.25) is 0 Å². The number of aromatic nitrogens is 2. The van der Waals surface area contributed by atoms with Crippen LogP contribution in [-0.4, -0.2) is 34.1 Å². The average molecular weight is 398 g/mol. The van der Waals surface area contributed by atoms with Gasteiger partial charge in [-0.15, -0.1) is 11.3 Å². The van der Waals surface area contributed by atoms with Crippen molar-refractivity contribution in [3.8, 4) is 11.1 Å². The lowest BCUT2D eigenvalue weighted by Crippen LogP contribution is -2.33. The molecule has 1 aromatic carbocycles. The molecular weight excluding hydrogens is 366 g/mol. The van der Waals surface area contributed by atoms with Gasteiger partial charge in [-0.1, -0.05) is 45.9 Å². The Bertz CT molecular complexity index is 1030. The van der Waals surface area contributed by atoms with Crippen molar-refractivity contribution in [3.05, 3.63) is 50.9 Å². The molecule has 5 heteroatoms. The first kappa shape index (κ1) is 20.7. The Morgan fingerprint density at radius 2 is 1.86 bits per heavy atom. The zero-order valence-electron chi connectivity index (χ0n) is 17.9. The molecule has 150 valence electrons. The standard InChI is InChI=1S/C23H31N3OS/c1-7-25(8-2)11-12-26-21(15(3)4)24-22-20(23(26)27)19(14-28-22)18-10-9-16(5)17(6)13-18/h9-10,13-15H,7-8,11-12H2,1-6H3. The van der Waals surface area contributed by atoms with Gasteiger partial charge in [0.1, 0.15) is 10.7 Å². The molecule has 0 saturated heterocycles. The summed E-state index contributed by atoms with van der Waals surface area (Å²) in [5.41, 5.74) is 4.70. The Morgan fingerprint density at radius 1 is 1.14 bits per heavy atom. The summed E-state index contributed by atoms with van der Waals surface area (Å²) in [7, 11) is 0. The Kier molecular flexibility index (Phi) is 6.36. The lowest BCUT2D eigenvalue weighted by atomic mass is 10.0. The Morgan fingerprint density at radius 3 is 2.46 bits per heavy atom. The Hall–Kier alpha value is -1.98. The Balaban J connectivity index is 2.16. The van der Waals surface area contributed by atoms with E-state index in [1.165, 1.54) is 11.1 Å². The number of likely N-dealkylation sites (N-methyl/N-ethyl adjacent to an activating group) is 1. The lowest BCUT2D eigenvalue weighted by molar-refractivity contribution is 0.286. The molecule has 0 fully saturated rings. The molecule has 0 aliphatic heterocycles. The van der Waals surface area contributed by atoms with E-state index in [9.17, 15) is 4.79 Å². The molecule has 28 heavy (non-hydrogen) atoms. The van der Waals surface area contributed by atoms with Gasteiger partial charge >= 0.3 is 0 Å². The van der Waals surface area contributed by atoms with Gasteiger partial charge in [0.05, 0.1) is 5.39 Å². The molecule has 0 saturated carbocycles. The van der Waals surface area contributed by atoms with Crippen molar-refractivity contribution in [3.63, 3.8) is 0 Å². The molecule has 4 nitrogen and oxygen atoms in total. The monoisotopic (exact) mass is 397 g/mol. The van der Waals surface area contributed by atoms with Crippen LogP contribution in [0.1, 0.15) is 50.6 Å². The van der Waals surface area contributed by atoms with E-state index in [1.807, 2.05) is 4.57 Å². The van der Waals surface area contributed by atoms with E-state index in [4.69, 9.17) is 4.98 Å². The van der Waals surface area contributed by atoms with E-state index in [1.54, 1.807) is 11.3 Å². The van der Waals surface area contributed by atoms with Crippen LogP contribution in [0.4, 0.5) is 0 Å². The molecule has 3 rings (SSSR count). The van der Waals surface area contributed by atoms with Crippen molar-refractivity contribution in [2.75, 3.05) is 19.6 Å². The van der Waals surface area contributed by atoms with Crippen molar-refractivity contribution in [2.45, 2.75) is 54.0 Å². The van der Waals surface area contributed by atoms with Crippen LogP contribution in [0.3, 0.4) is 0 Å². The third kappa shape index (κ3) is 3.91. The average Bonchev–Trinajstić information content (AvgIpc) is 3.10. The molecule has 0 aliphatic rings. The van der Waals surface area contributed by atoms with Crippen LogP contribution < -0.4 is 5.56 Å². The van der Waals surface area contributed by atoms with E-state index < -0.39 is 0 Å². The topological polar surface area (TPSA) is 38.1 Å². The van der Waals surface area contributed by atoms with E-state index in [0.29, 0.717) is 6.54 Å². The SMILES string of the molecule is CCN(CC)CCn1c(C(C)C)nc2scc(-c3ccc(C)c(C)c3)c2c1=O. The van der Waals surface area contributed by atoms with Crippen molar-refractivity contribution in [1.82, 2.24) is 14.5 Å². The third-order valence-corrected chi connectivity index (χ3v) is 6.46. The van der Waals surface area contributed by atoms with Gasteiger partial charge in [-0.25, -0.2) is 4.98 Å².